The van der Waals surface area contributed by atoms with Crippen molar-refractivity contribution >= 4 is 56.4 Å². The zero-order valence-corrected chi connectivity index (χ0v) is 18.5. The normalized spacial score (nSPS) is 11.1. The van der Waals surface area contributed by atoms with E-state index >= 15 is 0 Å². The third kappa shape index (κ3) is 3.85. The molecule has 0 spiro atoms. The average molecular weight is 486 g/mol. The number of likely N-dealkylation sites (N-methyl/N-ethyl adjacent to an activating group) is 1. The number of rotatable bonds is 6. The van der Waals surface area contributed by atoms with Gasteiger partial charge in [0, 0.05) is 23.3 Å². The number of hydrogen-bond acceptors (Lipinski definition) is 4. The number of ether oxygens (including phenoxy) is 1. The van der Waals surface area contributed by atoms with Gasteiger partial charge in [0.05, 0.1) is 22.9 Å². The number of anilines is 1. The summed E-state index contributed by atoms with van der Waals surface area (Å²) < 4.78 is 8.75. The number of aromatic nitrogens is 2. The standard InChI is InChI=1S/C19H19BrCl2N4O2/c1-3-25(16(27)9-23)14-7-6-13(21)12(17(14)22)10-28-15-5-4-8-26-18(20)11(2)24-19(15)26/h4-8H,3,9-10,23H2,1-2H3. The van der Waals surface area contributed by atoms with Crippen LogP contribution in [0.15, 0.2) is 35.1 Å². The fourth-order valence-corrected chi connectivity index (χ4v) is 3.86. The van der Waals surface area contributed by atoms with Crippen LogP contribution in [0.1, 0.15) is 18.2 Å². The number of imidazole rings is 1. The van der Waals surface area contributed by atoms with Crippen molar-refractivity contribution < 1.29 is 9.53 Å². The zero-order valence-electron chi connectivity index (χ0n) is 15.4. The minimum absolute atomic E-state index is 0.102. The molecule has 1 aromatic carbocycles. The molecule has 0 bridgehead atoms. The molecule has 28 heavy (non-hydrogen) atoms. The Morgan fingerprint density at radius 3 is 2.79 bits per heavy atom. The van der Waals surface area contributed by atoms with Gasteiger partial charge in [0.2, 0.25) is 5.91 Å². The lowest BCUT2D eigenvalue weighted by Gasteiger charge is -2.23. The number of nitrogens with zero attached hydrogens (tertiary/aromatic N) is 3. The number of carbonyl (C=O) groups excluding carboxylic acids is 1. The first-order valence-electron chi connectivity index (χ1n) is 8.62. The van der Waals surface area contributed by atoms with E-state index in [4.69, 9.17) is 33.7 Å². The molecule has 0 saturated heterocycles. The first kappa shape index (κ1) is 20.9. The molecule has 0 aliphatic carbocycles. The van der Waals surface area contributed by atoms with Gasteiger partial charge < -0.3 is 15.4 Å². The van der Waals surface area contributed by atoms with Gasteiger partial charge in [0.25, 0.3) is 0 Å². The Hall–Kier alpha value is -1.80. The van der Waals surface area contributed by atoms with Crippen LogP contribution in [-0.4, -0.2) is 28.4 Å². The molecular formula is C19H19BrCl2N4O2. The Balaban J connectivity index is 1.94. The summed E-state index contributed by atoms with van der Waals surface area (Å²) in [5, 5.41) is 0.821. The summed E-state index contributed by atoms with van der Waals surface area (Å²) in [6.45, 7) is 4.23. The van der Waals surface area contributed by atoms with Crippen LogP contribution in [0.3, 0.4) is 0 Å². The summed E-state index contributed by atoms with van der Waals surface area (Å²) in [4.78, 5) is 18.2. The van der Waals surface area contributed by atoms with Crippen LogP contribution < -0.4 is 15.4 Å². The third-order valence-electron chi connectivity index (χ3n) is 4.34. The lowest BCUT2D eigenvalue weighted by atomic mass is 10.2. The molecule has 0 aliphatic heterocycles. The highest BCUT2D eigenvalue weighted by Crippen LogP contribution is 2.35. The maximum Gasteiger partial charge on any atom is 0.240 e. The van der Waals surface area contributed by atoms with Crippen molar-refractivity contribution in [2.24, 2.45) is 5.73 Å². The third-order valence-corrected chi connectivity index (χ3v) is 6.07. The van der Waals surface area contributed by atoms with Crippen molar-refractivity contribution in [3.63, 3.8) is 0 Å². The quantitative estimate of drug-likeness (QED) is 0.553. The van der Waals surface area contributed by atoms with E-state index in [2.05, 4.69) is 20.9 Å². The predicted molar refractivity (Wildman–Crippen MR) is 116 cm³/mol. The van der Waals surface area contributed by atoms with E-state index < -0.39 is 0 Å². The average Bonchev–Trinajstić information content (AvgIpc) is 2.98. The van der Waals surface area contributed by atoms with Gasteiger partial charge in [-0.15, -0.1) is 0 Å². The second-order valence-corrected chi connectivity index (χ2v) is 7.58. The van der Waals surface area contributed by atoms with Crippen LogP contribution in [0.5, 0.6) is 5.75 Å². The van der Waals surface area contributed by atoms with Crippen molar-refractivity contribution in [2.75, 3.05) is 18.0 Å². The van der Waals surface area contributed by atoms with Gasteiger partial charge in [-0.3, -0.25) is 9.20 Å². The Morgan fingerprint density at radius 1 is 1.36 bits per heavy atom. The molecule has 0 atom stereocenters. The first-order chi connectivity index (χ1) is 13.4. The molecule has 0 aliphatic rings. The number of halogens is 3. The molecule has 0 unspecified atom stereocenters. The Kier molecular flexibility index (Phi) is 6.50. The van der Waals surface area contributed by atoms with Crippen LogP contribution in [-0.2, 0) is 11.4 Å². The Labute approximate surface area is 181 Å². The van der Waals surface area contributed by atoms with Gasteiger partial charge in [0.1, 0.15) is 11.2 Å². The van der Waals surface area contributed by atoms with Crippen LogP contribution in [0.4, 0.5) is 5.69 Å². The van der Waals surface area contributed by atoms with Crippen LogP contribution >= 0.6 is 39.1 Å². The van der Waals surface area contributed by atoms with E-state index in [1.807, 2.05) is 36.6 Å². The van der Waals surface area contributed by atoms with Gasteiger partial charge >= 0.3 is 0 Å². The maximum absolute atomic E-state index is 12.1. The number of hydrogen-bond donors (Lipinski definition) is 1. The van der Waals surface area contributed by atoms with E-state index in [9.17, 15) is 4.79 Å². The summed E-state index contributed by atoms with van der Waals surface area (Å²) in [6, 6.07) is 7.11. The molecule has 148 valence electrons. The van der Waals surface area contributed by atoms with Crippen molar-refractivity contribution in [2.45, 2.75) is 20.5 Å². The van der Waals surface area contributed by atoms with E-state index in [1.165, 1.54) is 4.90 Å². The summed E-state index contributed by atoms with van der Waals surface area (Å²) in [5.74, 6) is 0.375. The molecular weight excluding hydrogens is 467 g/mol. The fraction of sp³-hybridized carbons (Fsp3) is 0.263. The smallest absolute Gasteiger partial charge is 0.240 e. The van der Waals surface area contributed by atoms with Crippen molar-refractivity contribution in [1.29, 1.82) is 0 Å². The molecule has 1 amide bonds. The number of nitrogens with two attached hydrogens (primary N) is 1. The van der Waals surface area contributed by atoms with Crippen LogP contribution in [0, 0.1) is 6.92 Å². The zero-order chi connectivity index (χ0) is 20.4. The molecule has 2 heterocycles. The van der Waals surface area contributed by atoms with Gasteiger partial charge in [-0.1, -0.05) is 23.2 Å². The monoisotopic (exact) mass is 484 g/mol. The van der Waals surface area contributed by atoms with E-state index in [1.54, 1.807) is 12.1 Å². The van der Waals surface area contributed by atoms with Crippen molar-refractivity contribution in [1.82, 2.24) is 9.38 Å². The minimum Gasteiger partial charge on any atom is -0.485 e. The van der Waals surface area contributed by atoms with E-state index in [0.29, 0.717) is 39.2 Å². The number of amides is 1. The van der Waals surface area contributed by atoms with Crippen LogP contribution in [0.25, 0.3) is 5.65 Å². The van der Waals surface area contributed by atoms with Gasteiger partial charge in [-0.25, -0.2) is 4.98 Å². The highest BCUT2D eigenvalue weighted by molar-refractivity contribution is 9.10. The summed E-state index contributed by atoms with van der Waals surface area (Å²) >= 11 is 16.4. The van der Waals surface area contributed by atoms with Gasteiger partial charge in [-0.05, 0) is 54.0 Å². The van der Waals surface area contributed by atoms with Gasteiger partial charge in [0.15, 0.2) is 11.4 Å². The SMILES string of the molecule is CCN(C(=O)CN)c1ccc(Cl)c(COc2cccn3c(Br)c(C)nc23)c1Cl. The molecule has 2 aromatic heterocycles. The lowest BCUT2D eigenvalue weighted by Crippen LogP contribution is -2.36. The number of pyridine rings is 1. The fourth-order valence-electron chi connectivity index (χ4n) is 2.91. The van der Waals surface area contributed by atoms with Crippen molar-refractivity contribution in [3.8, 4) is 5.75 Å². The lowest BCUT2D eigenvalue weighted by molar-refractivity contribution is -0.117. The Morgan fingerprint density at radius 2 is 2.11 bits per heavy atom. The molecule has 0 saturated carbocycles. The summed E-state index contributed by atoms with van der Waals surface area (Å²) in [6.07, 6.45) is 1.89. The number of benzene rings is 1. The maximum atomic E-state index is 12.1. The van der Waals surface area contributed by atoms with E-state index in [0.717, 1.165) is 10.3 Å². The van der Waals surface area contributed by atoms with Crippen LogP contribution in [0.2, 0.25) is 10.0 Å². The number of fused-ring (bicyclic) bond motifs is 1. The summed E-state index contributed by atoms with van der Waals surface area (Å²) in [5.41, 5.74) is 8.19. The Bertz CT molecular complexity index is 1040. The minimum atomic E-state index is -0.221. The predicted octanol–water partition coefficient (Wildman–Crippen LogP) is 4.60. The molecule has 6 nitrogen and oxygen atoms in total. The molecule has 0 fully saturated rings. The number of aryl methyl sites for hydroxylation is 1. The van der Waals surface area contributed by atoms with Crippen molar-refractivity contribution in [3.05, 3.63) is 56.4 Å². The highest BCUT2D eigenvalue weighted by Gasteiger charge is 2.20. The molecule has 0 radical (unpaired) electrons. The molecule has 9 heteroatoms. The summed E-state index contributed by atoms with van der Waals surface area (Å²) in [7, 11) is 0. The largest absolute Gasteiger partial charge is 0.485 e. The highest BCUT2D eigenvalue weighted by atomic mass is 79.9. The molecule has 2 N–H and O–H groups in total. The number of carbonyl (C=O) groups is 1. The first-order valence-corrected chi connectivity index (χ1v) is 10.2. The molecule has 3 aromatic rings. The molecule has 3 rings (SSSR count). The van der Waals surface area contributed by atoms with E-state index in [-0.39, 0.29) is 19.1 Å². The van der Waals surface area contributed by atoms with Gasteiger partial charge in [-0.2, -0.15) is 0 Å². The topological polar surface area (TPSA) is 72.9 Å². The second kappa shape index (κ2) is 8.69. The second-order valence-electron chi connectivity index (χ2n) is 6.04.